The first-order valence-corrected chi connectivity index (χ1v) is 7.42. The number of likely N-dealkylation sites (N-methyl/N-ethyl adjacent to an activating group) is 1. The number of nitrogens with zero attached hydrogens (tertiary/aromatic N) is 2. The lowest BCUT2D eigenvalue weighted by atomic mass is 10.1. The molecule has 0 aromatic carbocycles. The minimum Gasteiger partial charge on any atom is -0.465 e. The molecule has 1 aromatic heterocycles. The van der Waals surface area contributed by atoms with E-state index in [4.69, 9.17) is 9.15 Å². The largest absolute Gasteiger partial charge is 0.465 e. The molecule has 0 saturated carbocycles. The third kappa shape index (κ3) is 2.47. The van der Waals surface area contributed by atoms with E-state index in [0.29, 0.717) is 0 Å². The van der Waals surface area contributed by atoms with Gasteiger partial charge in [-0.25, -0.2) is 0 Å². The zero-order valence-corrected chi connectivity index (χ0v) is 12.2. The fourth-order valence-corrected chi connectivity index (χ4v) is 3.20. The number of hydrogen-bond acceptors (Lipinski definition) is 4. The van der Waals surface area contributed by atoms with E-state index < -0.39 is 0 Å². The molecule has 2 saturated heterocycles. The van der Waals surface area contributed by atoms with E-state index in [0.717, 1.165) is 44.1 Å². The van der Waals surface area contributed by atoms with Crippen LogP contribution in [0, 0.1) is 0 Å². The lowest BCUT2D eigenvalue weighted by Gasteiger charge is -2.35. The molecule has 3 rings (SSSR count). The van der Waals surface area contributed by atoms with Gasteiger partial charge in [0.05, 0.1) is 18.7 Å². The third-order valence-corrected chi connectivity index (χ3v) is 4.24. The predicted molar refractivity (Wildman–Crippen MR) is 74.3 cm³/mol. The summed E-state index contributed by atoms with van der Waals surface area (Å²) in [6.45, 7) is 7.64. The molecule has 2 aliphatic heterocycles. The molecule has 1 amide bonds. The van der Waals surface area contributed by atoms with E-state index in [9.17, 15) is 4.79 Å². The Balaban J connectivity index is 1.65. The van der Waals surface area contributed by atoms with Crippen molar-refractivity contribution in [1.29, 1.82) is 0 Å². The van der Waals surface area contributed by atoms with Gasteiger partial charge in [-0.05, 0) is 19.1 Å². The molecule has 2 fully saturated rings. The van der Waals surface area contributed by atoms with Gasteiger partial charge in [0, 0.05) is 26.1 Å². The van der Waals surface area contributed by atoms with Crippen LogP contribution in [-0.2, 0) is 22.5 Å². The number of hydrogen-bond donors (Lipinski definition) is 0. The van der Waals surface area contributed by atoms with Crippen molar-refractivity contribution in [2.24, 2.45) is 0 Å². The molecule has 0 aliphatic carbocycles. The molecule has 5 nitrogen and oxygen atoms in total. The van der Waals surface area contributed by atoms with Gasteiger partial charge in [0.15, 0.2) is 0 Å². The number of likely N-dealkylation sites (tertiary alicyclic amines) is 1. The average Bonchev–Trinajstić information content (AvgIpc) is 3.05. The Labute approximate surface area is 119 Å². The molecule has 2 aliphatic rings. The van der Waals surface area contributed by atoms with E-state index in [1.807, 2.05) is 24.0 Å². The van der Waals surface area contributed by atoms with E-state index in [2.05, 4.69) is 11.8 Å². The van der Waals surface area contributed by atoms with Crippen molar-refractivity contribution in [2.45, 2.75) is 39.0 Å². The normalized spacial score (nSPS) is 27.1. The second kappa shape index (κ2) is 5.58. The second-order valence-corrected chi connectivity index (χ2v) is 5.51. The number of ether oxygens (including phenoxy) is 1. The number of carbonyl (C=O) groups excluding carboxylic acids is 1. The van der Waals surface area contributed by atoms with Crippen molar-refractivity contribution in [1.82, 2.24) is 9.80 Å². The number of aryl methyl sites for hydroxylation is 1. The van der Waals surface area contributed by atoms with E-state index in [1.165, 1.54) is 0 Å². The molecule has 5 heteroatoms. The van der Waals surface area contributed by atoms with Crippen molar-refractivity contribution in [3.63, 3.8) is 0 Å². The molecule has 0 N–H and O–H groups in total. The Morgan fingerprint density at radius 3 is 2.75 bits per heavy atom. The molecule has 2 atom stereocenters. The van der Waals surface area contributed by atoms with Crippen molar-refractivity contribution in [3.05, 3.63) is 23.7 Å². The van der Waals surface area contributed by atoms with Crippen LogP contribution in [0.15, 0.2) is 16.5 Å². The van der Waals surface area contributed by atoms with Gasteiger partial charge in [-0.2, -0.15) is 0 Å². The van der Waals surface area contributed by atoms with Crippen LogP contribution in [0.4, 0.5) is 0 Å². The van der Waals surface area contributed by atoms with Gasteiger partial charge in [0.1, 0.15) is 18.1 Å². The maximum absolute atomic E-state index is 11.8. The standard InChI is InChI=1S/C15H22N2O3/c1-3-11-5-6-12(20-11)7-16-8-13-14(9-16)19-10-15(18)17(13)4-2/h5-6,13-14H,3-4,7-10H2,1-2H3/t13-,14-/m1/s1. The minimum atomic E-state index is 0.113. The van der Waals surface area contributed by atoms with Crippen molar-refractivity contribution in [2.75, 3.05) is 26.2 Å². The number of amides is 1. The fraction of sp³-hybridized carbons (Fsp3) is 0.667. The monoisotopic (exact) mass is 278 g/mol. The average molecular weight is 278 g/mol. The second-order valence-electron chi connectivity index (χ2n) is 5.51. The summed E-state index contributed by atoms with van der Waals surface area (Å²) in [7, 11) is 0. The molecule has 0 spiro atoms. The number of carbonyl (C=O) groups is 1. The Kier molecular flexibility index (Phi) is 3.81. The number of rotatable bonds is 4. The minimum absolute atomic E-state index is 0.113. The lowest BCUT2D eigenvalue weighted by Crippen LogP contribution is -2.53. The highest BCUT2D eigenvalue weighted by atomic mass is 16.5. The molecular formula is C15H22N2O3. The van der Waals surface area contributed by atoms with Gasteiger partial charge in [-0.3, -0.25) is 9.69 Å². The van der Waals surface area contributed by atoms with Gasteiger partial charge in [0.25, 0.3) is 0 Å². The summed E-state index contributed by atoms with van der Waals surface area (Å²) in [4.78, 5) is 16.1. The summed E-state index contributed by atoms with van der Waals surface area (Å²) in [5, 5.41) is 0. The van der Waals surface area contributed by atoms with Crippen LogP contribution in [0.2, 0.25) is 0 Å². The third-order valence-electron chi connectivity index (χ3n) is 4.24. The smallest absolute Gasteiger partial charge is 0.248 e. The summed E-state index contributed by atoms with van der Waals surface area (Å²) in [5.74, 6) is 2.13. The zero-order chi connectivity index (χ0) is 14.1. The SMILES string of the molecule is CCc1ccc(CN2C[C@@H]3[C@@H](C2)OCC(=O)N3CC)o1. The number of furan rings is 1. The maximum Gasteiger partial charge on any atom is 0.248 e. The molecule has 20 heavy (non-hydrogen) atoms. The Bertz CT molecular complexity index is 485. The quantitative estimate of drug-likeness (QED) is 0.832. The molecule has 0 bridgehead atoms. The van der Waals surface area contributed by atoms with Crippen LogP contribution in [0.1, 0.15) is 25.4 Å². The van der Waals surface area contributed by atoms with Crippen LogP contribution < -0.4 is 0 Å². The van der Waals surface area contributed by atoms with Crippen LogP contribution >= 0.6 is 0 Å². The summed E-state index contributed by atoms with van der Waals surface area (Å²) < 4.78 is 11.4. The van der Waals surface area contributed by atoms with Crippen LogP contribution in [0.5, 0.6) is 0 Å². The summed E-state index contributed by atoms with van der Waals surface area (Å²) in [5.41, 5.74) is 0. The highest BCUT2D eigenvalue weighted by Crippen LogP contribution is 2.25. The van der Waals surface area contributed by atoms with E-state index >= 15 is 0 Å². The van der Waals surface area contributed by atoms with Crippen LogP contribution in [0.3, 0.4) is 0 Å². The molecule has 0 radical (unpaired) electrons. The topological polar surface area (TPSA) is 45.9 Å². The van der Waals surface area contributed by atoms with Gasteiger partial charge in [0.2, 0.25) is 5.91 Å². The first-order chi connectivity index (χ1) is 9.71. The molecule has 110 valence electrons. The highest BCUT2D eigenvalue weighted by Gasteiger charge is 2.42. The highest BCUT2D eigenvalue weighted by molar-refractivity contribution is 5.78. The molecule has 1 aromatic rings. The maximum atomic E-state index is 11.8. The van der Waals surface area contributed by atoms with Gasteiger partial charge < -0.3 is 14.1 Å². The van der Waals surface area contributed by atoms with Gasteiger partial charge >= 0.3 is 0 Å². The van der Waals surface area contributed by atoms with Crippen LogP contribution in [-0.4, -0.2) is 54.1 Å². The van der Waals surface area contributed by atoms with E-state index in [-0.39, 0.29) is 24.7 Å². The van der Waals surface area contributed by atoms with Gasteiger partial charge in [-0.1, -0.05) is 6.92 Å². The first kappa shape index (κ1) is 13.6. The van der Waals surface area contributed by atoms with Crippen molar-refractivity contribution >= 4 is 5.91 Å². The van der Waals surface area contributed by atoms with Crippen molar-refractivity contribution in [3.8, 4) is 0 Å². The Morgan fingerprint density at radius 2 is 2.05 bits per heavy atom. The molecule has 3 heterocycles. The molecule has 0 unspecified atom stereocenters. The van der Waals surface area contributed by atoms with Crippen LogP contribution in [0.25, 0.3) is 0 Å². The lowest BCUT2D eigenvalue weighted by molar-refractivity contribution is -0.152. The summed E-state index contributed by atoms with van der Waals surface area (Å²) >= 11 is 0. The fourth-order valence-electron chi connectivity index (χ4n) is 3.20. The van der Waals surface area contributed by atoms with Gasteiger partial charge in [-0.15, -0.1) is 0 Å². The zero-order valence-electron chi connectivity index (χ0n) is 12.2. The summed E-state index contributed by atoms with van der Waals surface area (Å²) in [6, 6.07) is 4.28. The predicted octanol–water partition coefficient (Wildman–Crippen LogP) is 1.27. The van der Waals surface area contributed by atoms with E-state index in [1.54, 1.807) is 0 Å². The van der Waals surface area contributed by atoms with Crippen molar-refractivity contribution < 1.29 is 13.9 Å². The number of morpholine rings is 1. The number of fused-ring (bicyclic) bond motifs is 1. The molecular weight excluding hydrogens is 256 g/mol. The summed E-state index contributed by atoms with van der Waals surface area (Å²) in [6.07, 6.45) is 1.07. The Morgan fingerprint density at radius 1 is 1.25 bits per heavy atom. The first-order valence-electron chi connectivity index (χ1n) is 7.42. The Hall–Kier alpha value is -1.33.